The Morgan fingerprint density at radius 2 is 1.27 bits per heavy atom. The van der Waals surface area contributed by atoms with Crippen LogP contribution >= 0.6 is 0 Å². The van der Waals surface area contributed by atoms with Crippen LogP contribution in [0.1, 0.15) is 15.9 Å². The summed E-state index contributed by atoms with van der Waals surface area (Å²) < 4.78 is 33.0. The van der Waals surface area contributed by atoms with Crippen molar-refractivity contribution in [2.45, 2.75) is 10.6 Å². The molecular formula is C34H38N4O5S. The van der Waals surface area contributed by atoms with Crippen LogP contribution in [-0.2, 0) is 15.6 Å². The van der Waals surface area contributed by atoms with E-state index in [1.807, 2.05) is 49.3 Å². The maximum atomic E-state index is 13.8. The number of benzene rings is 4. The van der Waals surface area contributed by atoms with Crippen molar-refractivity contribution in [1.82, 2.24) is 4.90 Å². The zero-order valence-electron chi connectivity index (χ0n) is 26.1. The van der Waals surface area contributed by atoms with Gasteiger partial charge >= 0.3 is 6.03 Å². The fraction of sp³-hybridized carbons (Fsp3) is 0.235. The molecule has 0 aliphatic carbocycles. The first-order valence-corrected chi connectivity index (χ1v) is 15.6. The molecule has 0 fully saturated rings. The minimum atomic E-state index is -3.88. The molecule has 230 valence electrons. The lowest BCUT2D eigenvalue weighted by Crippen LogP contribution is -2.39. The van der Waals surface area contributed by atoms with E-state index in [0.717, 1.165) is 11.4 Å². The normalized spacial score (nSPS) is 11.1. The number of anilines is 3. The number of rotatable bonds is 9. The predicted molar refractivity (Wildman–Crippen MR) is 177 cm³/mol. The maximum absolute atomic E-state index is 13.8. The fourth-order valence-electron chi connectivity index (χ4n) is 4.77. The molecule has 0 saturated heterocycles. The van der Waals surface area contributed by atoms with Gasteiger partial charge < -0.3 is 14.5 Å². The van der Waals surface area contributed by atoms with E-state index in [-0.39, 0.29) is 28.3 Å². The number of carbonyl (C=O) groups is 2. The first-order valence-electron chi connectivity index (χ1n) is 13.9. The monoisotopic (exact) mass is 614 g/mol. The van der Waals surface area contributed by atoms with Crippen molar-refractivity contribution in [3.05, 3.63) is 102 Å². The van der Waals surface area contributed by atoms with Crippen molar-refractivity contribution in [3.63, 3.8) is 0 Å². The summed E-state index contributed by atoms with van der Waals surface area (Å²) in [7, 11) is 8.13. The quantitative estimate of drug-likeness (QED) is 0.237. The second kappa shape index (κ2) is 13.2. The summed E-state index contributed by atoms with van der Waals surface area (Å²) in [5.74, 6) is -0.230. The van der Waals surface area contributed by atoms with Crippen LogP contribution in [0.15, 0.2) is 95.9 Å². The summed E-state index contributed by atoms with van der Waals surface area (Å²) in [6.45, 7) is 0. The molecule has 3 amide bonds. The highest BCUT2D eigenvalue weighted by molar-refractivity contribution is 7.90. The van der Waals surface area contributed by atoms with Crippen molar-refractivity contribution in [3.8, 4) is 16.9 Å². The van der Waals surface area contributed by atoms with Gasteiger partial charge in [0.2, 0.25) is 0 Å². The number of urea groups is 1. The van der Waals surface area contributed by atoms with Gasteiger partial charge in [-0.15, -0.1) is 0 Å². The Morgan fingerprint density at radius 1 is 0.682 bits per heavy atom. The third-order valence-corrected chi connectivity index (χ3v) is 9.01. The Bertz CT molecular complexity index is 1790. The summed E-state index contributed by atoms with van der Waals surface area (Å²) in [6.07, 6.45) is 0. The number of hydrogen-bond donors (Lipinski definition) is 0. The van der Waals surface area contributed by atoms with Gasteiger partial charge in [-0.1, -0.05) is 36.4 Å². The number of hydrogen-bond acceptors (Lipinski definition) is 6. The minimum Gasteiger partial charge on any atom is -0.495 e. The molecule has 4 aromatic rings. The van der Waals surface area contributed by atoms with Gasteiger partial charge in [-0.2, -0.15) is 0 Å². The summed E-state index contributed by atoms with van der Waals surface area (Å²) in [4.78, 5) is 32.4. The highest BCUT2D eigenvalue weighted by Crippen LogP contribution is 2.33. The molecule has 0 radical (unpaired) electrons. The van der Waals surface area contributed by atoms with Crippen LogP contribution in [0.2, 0.25) is 0 Å². The van der Waals surface area contributed by atoms with Gasteiger partial charge in [-0.05, 0) is 71.3 Å². The van der Waals surface area contributed by atoms with Gasteiger partial charge in [0, 0.05) is 64.9 Å². The highest BCUT2D eigenvalue weighted by Gasteiger charge is 2.23. The van der Waals surface area contributed by atoms with Crippen LogP contribution in [0.25, 0.3) is 11.1 Å². The van der Waals surface area contributed by atoms with E-state index in [4.69, 9.17) is 4.74 Å². The van der Waals surface area contributed by atoms with E-state index in [2.05, 4.69) is 0 Å². The lowest BCUT2D eigenvalue weighted by Gasteiger charge is -2.26. The number of amides is 3. The molecule has 0 aliphatic rings. The summed E-state index contributed by atoms with van der Waals surface area (Å²) in [6, 6.07) is 26.3. The molecule has 0 bridgehead atoms. The molecular weight excluding hydrogens is 576 g/mol. The fourth-order valence-corrected chi connectivity index (χ4v) is 6.31. The number of methoxy groups -OCH3 is 1. The Balaban J connectivity index is 1.60. The molecule has 0 spiro atoms. The Labute approximate surface area is 259 Å². The van der Waals surface area contributed by atoms with Crippen LogP contribution in [0, 0.1) is 0 Å². The van der Waals surface area contributed by atoms with Crippen molar-refractivity contribution < 1.29 is 22.7 Å². The van der Waals surface area contributed by atoms with Gasteiger partial charge in [-0.25, -0.2) is 13.2 Å². The zero-order chi connectivity index (χ0) is 32.2. The third kappa shape index (κ3) is 7.03. The molecule has 4 rings (SSSR count). The van der Waals surface area contributed by atoms with Crippen molar-refractivity contribution in [2.75, 3.05) is 64.1 Å². The van der Waals surface area contributed by atoms with Crippen LogP contribution in [0.3, 0.4) is 0 Å². The molecule has 0 unspecified atom stereocenters. The van der Waals surface area contributed by atoms with Gasteiger partial charge in [0.05, 0.1) is 12.9 Å². The van der Waals surface area contributed by atoms with Crippen LogP contribution in [0.5, 0.6) is 5.75 Å². The van der Waals surface area contributed by atoms with Crippen molar-refractivity contribution in [2.24, 2.45) is 0 Å². The van der Waals surface area contributed by atoms with E-state index >= 15 is 0 Å². The van der Waals surface area contributed by atoms with Crippen LogP contribution in [-0.4, -0.2) is 74.7 Å². The van der Waals surface area contributed by atoms with Crippen molar-refractivity contribution >= 4 is 38.8 Å². The van der Waals surface area contributed by atoms with Crippen LogP contribution in [0.4, 0.5) is 21.9 Å². The molecule has 0 aliphatic heterocycles. The van der Waals surface area contributed by atoms with Gasteiger partial charge in [0.25, 0.3) is 5.91 Å². The summed E-state index contributed by atoms with van der Waals surface area (Å²) in [5.41, 5.74) is 4.62. The van der Waals surface area contributed by atoms with Gasteiger partial charge in [0.1, 0.15) is 10.6 Å². The largest absolute Gasteiger partial charge is 0.495 e. The Kier molecular flexibility index (Phi) is 9.64. The second-order valence-corrected chi connectivity index (χ2v) is 12.8. The molecule has 0 heterocycles. The van der Waals surface area contributed by atoms with E-state index in [9.17, 15) is 18.0 Å². The van der Waals surface area contributed by atoms with E-state index in [1.165, 1.54) is 16.9 Å². The molecule has 9 nitrogen and oxygen atoms in total. The molecule has 0 aromatic heterocycles. The standard InChI is InChI=1S/C34H38N4O5S/c1-35(2)28-14-10-16-30(22-28)38(6)34(40)37(5)29-15-8-11-24(19-29)23-44(41,42)32-21-26(17-18-31(32)43-7)25-12-9-13-27(20-25)33(39)36(3)4/h8-22H,23H2,1-7H3. The lowest BCUT2D eigenvalue weighted by atomic mass is 10.0. The SMILES string of the molecule is COc1ccc(-c2cccc(C(=O)N(C)C)c2)cc1S(=O)(=O)Cc1cccc(N(C)C(=O)N(C)c2cccc(N(C)C)c2)c1. The number of nitrogens with zero attached hydrogens (tertiary/aromatic N) is 4. The third-order valence-electron chi connectivity index (χ3n) is 7.31. The number of sulfone groups is 1. The van der Waals surface area contributed by atoms with Gasteiger partial charge in [0.15, 0.2) is 9.84 Å². The van der Waals surface area contributed by atoms with E-state index < -0.39 is 9.84 Å². The molecule has 10 heteroatoms. The minimum absolute atomic E-state index is 0.0391. The van der Waals surface area contributed by atoms with Crippen molar-refractivity contribution in [1.29, 1.82) is 0 Å². The Morgan fingerprint density at radius 3 is 1.91 bits per heavy atom. The van der Waals surface area contributed by atoms with E-state index in [1.54, 1.807) is 93.8 Å². The molecule has 0 saturated carbocycles. The van der Waals surface area contributed by atoms with Gasteiger partial charge in [-0.3, -0.25) is 14.6 Å². The zero-order valence-corrected chi connectivity index (χ0v) is 26.9. The summed E-state index contributed by atoms with van der Waals surface area (Å²) >= 11 is 0. The second-order valence-electron chi connectivity index (χ2n) is 10.9. The van der Waals surface area contributed by atoms with E-state index in [0.29, 0.717) is 27.9 Å². The Hall–Kier alpha value is -4.83. The lowest BCUT2D eigenvalue weighted by molar-refractivity contribution is 0.0827. The average Bonchev–Trinajstić information content (AvgIpc) is 3.02. The molecule has 0 atom stereocenters. The predicted octanol–water partition coefficient (Wildman–Crippen LogP) is 5.80. The number of carbonyl (C=O) groups excluding carboxylic acids is 2. The van der Waals surface area contributed by atoms with Crippen LogP contribution < -0.4 is 19.4 Å². The summed E-state index contributed by atoms with van der Waals surface area (Å²) in [5, 5.41) is 0. The average molecular weight is 615 g/mol. The first kappa shape index (κ1) is 32.1. The topological polar surface area (TPSA) is 90.5 Å². The highest BCUT2D eigenvalue weighted by atomic mass is 32.2. The first-order chi connectivity index (χ1) is 20.8. The number of ether oxygens (including phenoxy) is 1. The molecule has 4 aromatic carbocycles. The maximum Gasteiger partial charge on any atom is 0.328 e. The smallest absolute Gasteiger partial charge is 0.328 e. The molecule has 0 N–H and O–H groups in total. The molecule has 44 heavy (non-hydrogen) atoms.